The van der Waals surface area contributed by atoms with Crippen LogP contribution in [0.5, 0.6) is 11.5 Å². The number of nitrogens with zero attached hydrogens (tertiary/aromatic N) is 1. The molecule has 0 unspecified atom stereocenters. The quantitative estimate of drug-likeness (QED) is 0.490. The van der Waals surface area contributed by atoms with Gasteiger partial charge in [0.1, 0.15) is 17.3 Å². The highest BCUT2D eigenvalue weighted by atomic mass is 16.5. The van der Waals surface area contributed by atoms with Gasteiger partial charge < -0.3 is 15.2 Å². The van der Waals surface area contributed by atoms with Gasteiger partial charge in [-0.05, 0) is 69.5 Å². The Morgan fingerprint density at radius 2 is 1.42 bits per heavy atom. The zero-order valence-corrected chi connectivity index (χ0v) is 19.7. The van der Waals surface area contributed by atoms with E-state index in [1.54, 1.807) is 13.3 Å². The average molecular weight is 419 g/mol. The maximum absolute atomic E-state index is 11.1. The summed E-state index contributed by atoms with van der Waals surface area (Å²) >= 11 is 0. The summed E-state index contributed by atoms with van der Waals surface area (Å²) in [7, 11) is 1.67. The van der Waals surface area contributed by atoms with Crippen LogP contribution in [0.3, 0.4) is 0 Å². The number of methoxy groups -OCH3 is 1. The monoisotopic (exact) mass is 418 g/mol. The molecule has 0 fully saturated rings. The molecule has 4 nitrogen and oxygen atoms in total. The van der Waals surface area contributed by atoms with E-state index in [2.05, 4.69) is 76.1 Å². The van der Waals surface area contributed by atoms with Crippen LogP contribution in [0.1, 0.15) is 69.8 Å². The predicted octanol–water partition coefficient (Wildman–Crippen LogP) is 6.59. The molecule has 0 aliphatic carbocycles. The summed E-state index contributed by atoms with van der Waals surface area (Å²) in [4.78, 5) is 4.48. The Bertz CT molecular complexity index is 979. The normalized spacial score (nSPS) is 13.0. The van der Waals surface area contributed by atoms with Gasteiger partial charge in [-0.25, -0.2) is 4.98 Å². The van der Waals surface area contributed by atoms with Crippen LogP contribution in [0.25, 0.3) is 0 Å². The Labute approximate surface area is 186 Å². The number of anilines is 1. The van der Waals surface area contributed by atoms with Crippen LogP contribution in [0, 0.1) is 0 Å². The van der Waals surface area contributed by atoms with E-state index in [1.165, 1.54) is 0 Å². The topological polar surface area (TPSA) is 54.4 Å². The molecule has 164 valence electrons. The van der Waals surface area contributed by atoms with Gasteiger partial charge in [-0.2, -0.15) is 0 Å². The van der Waals surface area contributed by atoms with Gasteiger partial charge in [0, 0.05) is 6.20 Å². The minimum Gasteiger partial charge on any atom is -0.507 e. The average Bonchev–Trinajstić information content (AvgIpc) is 2.71. The summed E-state index contributed by atoms with van der Waals surface area (Å²) in [6.45, 7) is 12.8. The number of phenolic OH excluding ortho intramolecular Hbond substituents is 1. The van der Waals surface area contributed by atoms with Crippen molar-refractivity contribution in [2.24, 2.45) is 0 Å². The standard InChI is InChI=1S/C27H34N2O2/c1-26(2,3)21-16-19(17-22(25(21)30)27(4,5)6)24(29-23-10-8-9-15-28-23)18-11-13-20(31-7)14-12-18/h8-17,24,30H,1-7H3,(H,28,29)/t24-/m0/s1. The molecule has 0 saturated carbocycles. The third kappa shape index (κ3) is 5.19. The number of nitrogens with one attached hydrogen (secondary N) is 1. The summed E-state index contributed by atoms with van der Waals surface area (Å²) in [6, 6.07) is 18.0. The maximum atomic E-state index is 11.1. The Hall–Kier alpha value is -3.01. The first-order valence-electron chi connectivity index (χ1n) is 10.7. The van der Waals surface area contributed by atoms with E-state index in [0.29, 0.717) is 5.75 Å². The van der Waals surface area contributed by atoms with Crippen molar-refractivity contribution in [1.82, 2.24) is 4.98 Å². The summed E-state index contributed by atoms with van der Waals surface area (Å²) in [6.07, 6.45) is 1.78. The van der Waals surface area contributed by atoms with E-state index in [1.807, 2.05) is 30.3 Å². The number of benzene rings is 2. The Morgan fingerprint density at radius 3 is 1.87 bits per heavy atom. The number of ether oxygens (including phenoxy) is 1. The van der Waals surface area contributed by atoms with Crippen LogP contribution in [0.15, 0.2) is 60.8 Å². The highest BCUT2D eigenvalue weighted by Crippen LogP contribution is 2.42. The zero-order chi connectivity index (χ0) is 22.8. The van der Waals surface area contributed by atoms with Gasteiger partial charge >= 0.3 is 0 Å². The molecule has 1 aromatic heterocycles. The van der Waals surface area contributed by atoms with Crippen molar-refractivity contribution in [3.05, 3.63) is 83.0 Å². The van der Waals surface area contributed by atoms with Crippen molar-refractivity contribution in [3.8, 4) is 11.5 Å². The van der Waals surface area contributed by atoms with E-state index in [0.717, 1.165) is 33.8 Å². The number of aromatic hydroxyl groups is 1. The van der Waals surface area contributed by atoms with Crippen molar-refractivity contribution < 1.29 is 9.84 Å². The zero-order valence-electron chi connectivity index (χ0n) is 19.7. The molecule has 2 aromatic carbocycles. The van der Waals surface area contributed by atoms with Gasteiger partial charge in [0.25, 0.3) is 0 Å². The van der Waals surface area contributed by atoms with Crippen LogP contribution < -0.4 is 10.1 Å². The molecule has 0 radical (unpaired) electrons. The fourth-order valence-corrected chi connectivity index (χ4v) is 3.72. The van der Waals surface area contributed by atoms with Gasteiger partial charge in [-0.1, -0.05) is 59.7 Å². The molecule has 2 N–H and O–H groups in total. The number of phenols is 1. The smallest absolute Gasteiger partial charge is 0.126 e. The molecule has 0 saturated heterocycles. The molecule has 31 heavy (non-hydrogen) atoms. The lowest BCUT2D eigenvalue weighted by atomic mass is 9.77. The van der Waals surface area contributed by atoms with Crippen LogP contribution >= 0.6 is 0 Å². The molecule has 4 heteroatoms. The number of hydrogen-bond donors (Lipinski definition) is 2. The van der Waals surface area contributed by atoms with Crippen molar-refractivity contribution in [1.29, 1.82) is 0 Å². The highest BCUT2D eigenvalue weighted by Gasteiger charge is 2.28. The minimum absolute atomic E-state index is 0.136. The summed E-state index contributed by atoms with van der Waals surface area (Å²) in [5.74, 6) is 2.00. The van der Waals surface area contributed by atoms with Gasteiger partial charge in [-0.15, -0.1) is 0 Å². The lowest BCUT2D eigenvalue weighted by Crippen LogP contribution is -2.20. The van der Waals surface area contributed by atoms with E-state index < -0.39 is 0 Å². The van der Waals surface area contributed by atoms with Crippen LogP contribution in [-0.4, -0.2) is 17.2 Å². The largest absolute Gasteiger partial charge is 0.507 e. The van der Waals surface area contributed by atoms with E-state index >= 15 is 0 Å². The summed E-state index contributed by atoms with van der Waals surface area (Å²) in [5, 5.41) is 14.7. The van der Waals surface area contributed by atoms with Gasteiger partial charge in [-0.3, -0.25) is 0 Å². The van der Waals surface area contributed by atoms with Crippen LogP contribution in [-0.2, 0) is 10.8 Å². The Balaban J connectivity index is 2.21. The fourth-order valence-electron chi connectivity index (χ4n) is 3.72. The second-order valence-corrected chi connectivity index (χ2v) is 10.0. The minimum atomic E-state index is -0.199. The molecule has 0 spiro atoms. The third-order valence-corrected chi connectivity index (χ3v) is 5.49. The van der Waals surface area contributed by atoms with Crippen molar-refractivity contribution in [3.63, 3.8) is 0 Å². The third-order valence-electron chi connectivity index (χ3n) is 5.49. The van der Waals surface area contributed by atoms with Crippen molar-refractivity contribution >= 4 is 5.82 Å². The fraction of sp³-hybridized carbons (Fsp3) is 0.370. The van der Waals surface area contributed by atoms with E-state index in [-0.39, 0.29) is 16.9 Å². The SMILES string of the molecule is COc1ccc([C@H](Nc2ccccn2)c2cc(C(C)(C)C)c(O)c(C(C)(C)C)c2)cc1. The molecule has 0 amide bonds. The van der Waals surface area contributed by atoms with Gasteiger partial charge in [0.15, 0.2) is 0 Å². The molecule has 0 bridgehead atoms. The van der Waals surface area contributed by atoms with Crippen molar-refractivity contribution in [2.75, 3.05) is 12.4 Å². The lowest BCUT2D eigenvalue weighted by molar-refractivity contribution is 0.414. The molecule has 3 rings (SSSR count). The van der Waals surface area contributed by atoms with Crippen LogP contribution in [0.2, 0.25) is 0 Å². The van der Waals surface area contributed by atoms with Gasteiger partial charge in [0.05, 0.1) is 13.2 Å². The predicted molar refractivity (Wildman–Crippen MR) is 128 cm³/mol. The first-order valence-corrected chi connectivity index (χ1v) is 10.7. The maximum Gasteiger partial charge on any atom is 0.126 e. The second kappa shape index (κ2) is 8.62. The second-order valence-electron chi connectivity index (χ2n) is 10.0. The molecule has 0 aliphatic rings. The Kier molecular flexibility index (Phi) is 6.30. The first kappa shape index (κ1) is 22.7. The van der Waals surface area contributed by atoms with Crippen LogP contribution in [0.4, 0.5) is 5.82 Å². The van der Waals surface area contributed by atoms with E-state index in [9.17, 15) is 5.11 Å². The number of rotatable bonds is 5. The molecule has 0 aliphatic heterocycles. The molecular weight excluding hydrogens is 384 g/mol. The summed E-state index contributed by atoms with van der Waals surface area (Å²) < 4.78 is 5.35. The molecule has 1 heterocycles. The highest BCUT2D eigenvalue weighted by molar-refractivity contribution is 5.54. The van der Waals surface area contributed by atoms with Crippen molar-refractivity contribution in [2.45, 2.75) is 58.4 Å². The number of aromatic nitrogens is 1. The summed E-state index contributed by atoms with van der Waals surface area (Å²) in [5.41, 5.74) is 3.67. The molecule has 3 aromatic rings. The van der Waals surface area contributed by atoms with E-state index in [4.69, 9.17) is 4.74 Å². The van der Waals surface area contributed by atoms with Gasteiger partial charge in [0.2, 0.25) is 0 Å². The number of hydrogen-bond acceptors (Lipinski definition) is 4. The first-order chi connectivity index (χ1) is 14.5. The molecule has 1 atom stereocenters. The number of pyridine rings is 1. The lowest BCUT2D eigenvalue weighted by Gasteiger charge is -2.30. The Morgan fingerprint density at radius 1 is 0.839 bits per heavy atom. The molecular formula is C27H34N2O2.